The van der Waals surface area contributed by atoms with Gasteiger partial charge in [-0.25, -0.2) is 8.78 Å². The number of benzene rings is 1. The van der Waals surface area contributed by atoms with Crippen LogP contribution >= 0.6 is 11.6 Å². The molecule has 0 saturated carbocycles. The van der Waals surface area contributed by atoms with Gasteiger partial charge in [0.15, 0.2) is 0 Å². The lowest BCUT2D eigenvalue weighted by Gasteiger charge is -2.21. The Morgan fingerprint density at radius 1 is 1.12 bits per heavy atom. The normalized spacial score (nSPS) is 12.9. The molecule has 1 aromatic carbocycles. The molecule has 0 aromatic heterocycles. The third-order valence-electron chi connectivity index (χ3n) is 2.11. The van der Waals surface area contributed by atoms with Gasteiger partial charge >= 0.3 is 6.18 Å². The predicted octanol–water partition coefficient (Wildman–Crippen LogP) is 3.83. The van der Waals surface area contributed by atoms with Crippen LogP contribution in [0.4, 0.5) is 22.0 Å². The van der Waals surface area contributed by atoms with Crippen LogP contribution in [0.5, 0.6) is 0 Å². The highest BCUT2D eigenvalue weighted by atomic mass is 35.5. The van der Waals surface area contributed by atoms with Crippen molar-refractivity contribution in [3.63, 3.8) is 0 Å². The summed E-state index contributed by atoms with van der Waals surface area (Å²) in [7, 11) is 0. The molecule has 0 atom stereocenters. The number of alkyl halides is 5. The molecule has 1 aromatic rings. The second-order valence-corrected chi connectivity index (χ2v) is 3.75. The summed E-state index contributed by atoms with van der Waals surface area (Å²) in [4.78, 5) is 0. The molecule has 0 amide bonds. The SMILES string of the molecule is OCCC(F)(F)c1c(Cl)cccc1C(F)(F)F. The van der Waals surface area contributed by atoms with Crippen molar-refractivity contribution in [2.75, 3.05) is 6.61 Å². The van der Waals surface area contributed by atoms with Crippen molar-refractivity contribution in [2.45, 2.75) is 18.5 Å². The van der Waals surface area contributed by atoms with Gasteiger partial charge < -0.3 is 5.11 Å². The van der Waals surface area contributed by atoms with Crippen LogP contribution in [-0.4, -0.2) is 11.7 Å². The summed E-state index contributed by atoms with van der Waals surface area (Å²) in [5.41, 5.74) is -2.77. The van der Waals surface area contributed by atoms with Crippen molar-refractivity contribution in [2.24, 2.45) is 0 Å². The molecule has 0 bridgehead atoms. The van der Waals surface area contributed by atoms with E-state index < -0.39 is 41.3 Å². The molecule has 1 N–H and O–H groups in total. The summed E-state index contributed by atoms with van der Waals surface area (Å²) in [5.74, 6) is -3.82. The monoisotopic (exact) mass is 274 g/mol. The number of hydrogen-bond acceptors (Lipinski definition) is 1. The van der Waals surface area contributed by atoms with Gasteiger partial charge in [0.05, 0.1) is 16.1 Å². The van der Waals surface area contributed by atoms with Crippen molar-refractivity contribution < 1.29 is 27.1 Å². The molecular weight excluding hydrogens is 267 g/mol. The molecule has 17 heavy (non-hydrogen) atoms. The van der Waals surface area contributed by atoms with Gasteiger partial charge in [-0.05, 0) is 12.1 Å². The van der Waals surface area contributed by atoms with Gasteiger partial charge in [-0.3, -0.25) is 0 Å². The Morgan fingerprint density at radius 2 is 1.71 bits per heavy atom. The molecule has 0 heterocycles. The molecule has 0 aliphatic heterocycles. The Hall–Kier alpha value is -0.880. The van der Waals surface area contributed by atoms with Crippen LogP contribution in [0.1, 0.15) is 17.5 Å². The first-order valence-electron chi connectivity index (χ1n) is 4.55. The third-order valence-corrected chi connectivity index (χ3v) is 2.43. The van der Waals surface area contributed by atoms with Crippen LogP contribution in [0.25, 0.3) is 0 Å². The first-order chi connectivity index (χ1) is 7.70. The topological polar surface area (TPSA) is 20.2 Å². The van der Waals surface area contributed by atoms with Gasteiger partial charge in [0, 0.05) is 13.0 Å². The van der Waals surface area contributed by atoms with E-state index in [1.807, 2.05) is 0 Å². The predicted molar refractivity (Wildman–Crippen MR) is 52.1 cm³/mol. The van der Waals surface area contributed by atoms with E-state index in [2.05, 4.69) is 0 Å². The highest BCUT2D eigenvalue weighted by Gasteiger charge is 2.43. The average Bonchev–Trinajstić information content (AvgIpc) is 2.15. The van der Waals surface area contributed by atoms with Crippen LogP contribution in [-0.2, 0) is 12.1 Å². The minimum atomic E-state index is -4.92. The van der Waals surface area contributed by atoms with Gasteiger partial charge in [0.25, 0.3) is 5.92 Å². The van der Waals surface area contributed by atoms with Crippen molar-refractivity contribution >= 4 is 11.6 Å². The fourth-order valence-corrected chi connectivity index (χ4v) is 1.71. The zero-order chi connectivity index (χ0) is 13.3. The largest absolute Gasteiger partial charge is 0.416 e. The first kappa shape index (κ1) is 14.2. The quantitative estimate of drug-likeness (QED) is 0.831. The lowest BCUT2D eigenvalue weighted by molar-refractivity contribution is -0.142. The van der Waals surface area contributed by atoms with Crippen molar-refractivity contribution in [1.82, 2.24) is 0 Å². The zero-order valence-electron chi connectivity index (χ0n) is 8.36. The lowest BCUT2D eigenvalue weighted by atomic mass is 9.99. The summed E-state index contributed by atoms with van der Waals surface area (Å²) in [6.45, 7) is -0.935. The van der Waals surface area contributed by atoms with E-state index in [0.717, 1.165) is 12.1 Å². The standard InChI is InChI=1S/C10H8ClF5O/c11-7-3-1-2-6(10(14,15)16)8(7)9(12,13)4-5-17/h1-3,17H,4-5H2. The molecule has 96 valence electrons. The smallest absolute Gasteiger partial charge is 0.396 e. The fraction of sp³-hybridized carbons (Fsp3) is 0.400. The third kappa shape index (κ3) is 3.07. The second-order valence-electron chi connectivity index (χ2n) is 3.34. The molecule has 0 fully saturated rings. The number of hydrogen-bond donors (Lipinski definition) is 1. The first-order valence-corrected chi connectivity index (χ1v) is 4.93. The summed E-state index contributed by atoms with van der Waals surface area (Å²) >= 11 is 5.39. The van der Waals surface area contributed by atoms with Crippen LogP contribution < -0.4 is 0 Å². The zero-order valence-corrected chi connectivity index (χ0v) is 9.12. The molecular formula is C10H8ClF5O. The van der Waals surface area contributed by atoms with E-state index in [1.165, 1.54) is 0 Å². The number of aliphatic hydroxyl groups excluding tert-OH is 1. The molecule has 0 saturated heterocycles. The molecule has 0 spiro atoms. The van der Waals surface area contributed by atoms with Gasteiger partial charge in [-0.2, -0.15) is 13.2 Å². The van der Waals surface area contributed by atoms with Crippen molar-refractivity contribution in [3.8, 4) is 0 Å². The van der Waals surface area contributed by atoms with Crippen molar-refractivity contribution in [3.05, 3.63) is 34.3 Å². The average molecular weight is 275 g/mol. The van der Waals surface area contributed by atoms with Gasteiger partial charge in [0.2, 0.25) is 0 Å². The van der Waals surface area contributed by atoms with Crippen molar-refractivity contribution in [1.29, 1.82) is 0 Å². The Balaban J connectivity index is 3.40. The molecule has 1 nitrogen and oxygen atoms in total. The number of aliphatic hydroxyl groups is 1. The van der Waals surface area contributed by atoms with E-state index >= 15 is 0 Å². The molecule has 0 aliphatic carbocycles. The van der Waals surface area contributed by atoms with E-state index in [4.69, 9.17) is 16.7 Å². The van der Waals surface area contributed by atoms with Crippen LogP contribution in [0.15, 0.2) is 18.2 Å². The number of halogens is 6. The van der Waals surface area contributed by atoms with Crippen LogP contribution in [0.2, 0.25) is 5.02 Å². The summed E-state index contributed by atoms with van der Waals surface area (Å²) in [6, 6.07) is 2.44. The minimum absolute atomic E-state index is 0.534. The van der Waals surface area contributed by atoms with E-state index in [1.54, 1.807) is 0 Å². The van der Waals surface area contributed by atoms with Gasteiger partial charge in [-0.15, -0.1) is 0 Å². The van der Waals surface area contributed by atoms with Gasteiger partial charge in [0.1, 0.15) is 0 Å². The fourth-order valence-electron chi connectivity index (χ4n) is 1.40. The molecule has 0 aliphatic rings. The maximum absolute atomic E-state index is 13.5. The van der Waals surface area contributed by atoms with Crippen LogP contribution in [0.3, 0.4) is 0 Å². The molecule has 0 radical (unpaired) electrons. The summed E-state index contributed by atoms with van der Waals surface area (Å²) in [6.07, 6.45) is -6.03. The van der Waals surface area contributed by atoms with E-state index in [9.17, 15) is 22.0 Å². The lowest BCUT2D eigenvalue weighted by Crippen LogP contribution is -2.22. The minimum Gasteiger partial charge on any atom is -0.396 e. The Labute approximate surface area is 98.8 Å². The Morgan fingerprint density at radius 3 is 2.18 bits per heavy atom. The summed E-state index contributed by atoms with van der Waals surface area (Å²) in [5, 5.41) is 7.78. The molecule has 7 heteroatoms. The molecule has 0 unspecified atom stereocenters. The second kappa shape index (κ2) is 4.78. The highest BCUT2D eigenvalue weighted by Crippen LogP contribution is 2.44. The Bertz CT molecular complexity index is 402. The number of rotatable bonds is 3. The Kier molecular flexibility index (Phi) is 3.99. The van der Waals surface area contributed by atoms with Crippen LogP contribution in [0, 0.1) is 0 Å². The maximum Gasteiger partial charge on any atom is 0.416 e. The van der Waals surface area contributed by atoms with E-state index in [-0.39, 0.29) is 0 Å². The van der Waals surface area contributed by atoms with Gasteiger partial charge in [-0.1, -0.05) is 17.7 Å². The summed E-state index contributed by atoms with van der Waals surface area (Å²) < 4.78 is 64.6. The highest BCUT2D eigenvalue weighted by molar-refractivity contribution is 6.31. The molecule has 1 rings (SSSR count). The van der Waals surface area contributed by atoms with E-state index in [0.29, 0.717) is 6.07 Å². The maximum atomic E-state index is 13.5.